The summed E-state index contributed by atoms with van der Waals surface area (Å²) in [5.74, 6) is -0.519. The van der Waals surface area contributed by atoms with E-state index >= 15 is 0 Å². The minimum absolute atomic E-state index is 0.0930. The smallest absolute Gasteiger partial charge is 0.408 e. The molecule has 8 nitrogen and oxygen atoms in total. The van der Waals surface area contributed by atoms with Crippen molar-refractivity contribution in [3.63, 3.8) is 0 Å². The molecule has 25 heavy (non-hydrogen) atoms. The fourth-order valence-corrected chi connectivity index (χ4v) is 4.44. The monoisotopic (exact) mass is 367 g/mol. The highest BCUT2D eigenvalue weighted by Gasteiger charge is 2.28. The molecule has 9 heteroatoms. The lowest BCUT2D eigenvalue weighted by molar-refractivity contribution is -0.121. The molecule has 3 rings (SSSR count). The molecule has 1 aliphatic heterocycles. The Labute approximate surface area is 145 Å². The van der Waals surface area contributed by atoms with Gasteiger partial charge < -0.3 is 9.73 Å². The number of hydrogen-bond donors (Lipinski definition) is 1. The molecule has 1 saturated heterocycles. The molecule has 2 heterocycles. The van der Waals surface area contributed by atoms with Gasteiger partial charge in [-0.15, -0.1) is 0 Å². The molecule has 1 amide bonds. The first kappa shape index (κ1) is 17.7. The molecule has 0 spiro atoms. The van der Waals surface area contributed by atoms with Crippen molar-refractivity contribution in [1.82, 2.24) is 14.2 Å². The van der Waals surface area contributed by atoms with E-state index in [1.165, 1.54) is 34.1 Å². The van der Waals surface area contributed by atoms with Crippen LogP contribution in [0.2, 0.25) is 0 Å². The highest BCUT2D eigenvalue weighted by Crippen LogP contribution is 2.25. The van der Waals surface area contributed by atoms with E-state index in [1.807, 2.05) is 0 Å². The second-order valence-electron chi connectivity index (χ2n) is 6.34. The molecule has 1 aliphatic rings. The summed E-state index contributed by atoms with van der Waals surface area (Å²) >= 11 is 0. The molecule has 0 bridgehead atoms. The lowest BCUT2D eigenvalue weighted by Gasteiger charge is -2.29. The Balaban J connectivity index is 1.96. The zero-order valence-corrected chi connectivity index (χ0v) is 15.0. The van der Waals surface area contributed by atoms with Gasteiger partial charge >= 0.3 is 5.76 Å². The van der Waals surface area contributed by atoms with Gasteiger partial charge in [0.15, 0.2) is 5.58 Å². The normalized spacial score (nSPS) is 17.0. The first-order valence-electron chi connectivity index (χ1n) is 8.17. The molecule has 136 valence electrons. The fraction of sp³-hybridized carbons (Fsp3) is 0.500. The summed E-state index contributed by atoms with van der Waals surface area (Å²) in [7, 11) is -2.15. The quantitative estimate of drug-likeness (QED) is 0.860. The van der Waals surface area contributed by atoms with Gasteiger partial charge in [-0.1, -0.05) is 6.92 Å². The molecule has 0 unspecified atom stereocenters. The van der Waals surface area contributed by atoms with Gasteiger partial charge in [-0.25, -0.2) is 13.2 Å². The van der Waals surface area contributed by atoms with Crippen LogP contribution in [0.4, 0.5) is 0 Å². The molecule has 1 fully saturated rings. The first-order valence-corrected chi connectivity index (χ1v) is 9.61. The van der Waals surface area contributed by atoms with E-state index in [0.717, 1.165) is 12.8 Å². The molecule has 2 aromatic rings. The van der Waals surface area contributed by atoms with Crippen molar-refractivity contribution >= 4 is 27.0 Å². The van der Waals surface area contributed by atoms with Crippen LogP contribution in [0.5, 0.6) is 0 Å². The van der Waals surface area contributed by atoms with E-state index in [-0.39, 0.29) is 22.9 Å². The van der Waals surface area contributed by atoms with Crippen molar-refractivity contribution in [3.8, 4) is 0 Å². The van der Waals surface area contributed by atoms with Crippen molar-refractivity contribution in [2.75, 3.05) is 20.1 Å². The Morgan fingerprint density at radius 2 is 2.00 bits per heavy atom. The summed E-state index contributed by atoms with van der Waals surface area (Å²) in [5.41, 5.74) is 0.542. The molecular formula is C16H21N3O5S. The largest absolute Gasteiger partial charge is 0.420 e. The Morgan fingerprint density at radius 1 is 1.32 bits per heavy atom. The number of piperidine rings is 1. The third-order valence-corrected chi connectivity index (χ3v) is 6.50. The molecule has 1 N–H and O–H groups in total. The molecule has 0 aliphatic carbocycles. The maximum absolute atomic E-state index is 12.8. The topological polar surface area (TPSA) is 102 Å². The molecule has 1 aromatic heterocycles. The summed E-state index contributed by atoms with van der Waals surface area (Å²) in [6, 6.07) is 4.30. The summed E-state index contributed by atoms with van der Waals surface area (Å²) in [6.07, 6.45) is 1.66. The minimum Gasteiger partial charge on any atom is -0.408 e. The van der Waals surface area contributed by atoms with Crippen molar-refractivity contribution < 1.29 is 17.6 Å². The predicted molar refractivity (Wildman–Crippen MR) is 91.7 cm³/mol. The summed E-state index contributed by atoms with van der Waals surface area (Å²) < 4.78 is 33.3. The number of nitrogens with one attached hydrogen (secondary N) is 1. The van der Waals surface area contributed by atoms with Gasteiger partial charge in [0.2, 0.25) is 15.9 Å². The Hall–Kier alpha value is -2.13. The summed E-state index contributed by atoms with van der Waals surface area (Å²) in [5, 5.41) is 2.43. The van der Waals surface area contributed by atoms with Gasteiger partial charge in [-0.3, -0.25) is 9.36 Å². The Kier molecular flexibility index (Phi) is 4.70. The third-order valence-electron chi connectivity index (χ3n) is 4.60. The molecule has 0 saturated carbocycles. The fourth-order valence-electron chi connectivity index (χ4n) is 2.95. The van der Waals surface area contributed by atoms with Gasteiger partial charge in [0.25, 0.3) is 0 Å². The van der Waals surface area contributed by atoms with Gasteiger partial charge in [0.1, 0.15) is 6.54 Å². The van der Waals surface area contributed by atoms with Crippen LogP contribution in [0.25, 0.3) is 11.1 Å². The number of rotatable bonds is 4. The standard InChI is InChI=1S/C16H21N3O5S/c1-11-5-7-18(8-6-11)25(22,23)12-3-4-13-14(9-12)24-16(21)19(13)10-15(20)17-2/h3-4,9,11H,5-8,10H2,1-2H3,(H,17,20). The number of hydrogen-bond acceptors (Lipinski definition) is 5. The highest BCUT2D eigenvalue weighted by molar-refractivity contribution is 7.89. The number of nitrogens with zero attached hydrogens (tertiary/aromatic N) is 2. The average Bonchev–Trinajstić information content (AvgIpc) is 2.90. The Morgan fingerprint density at radius 3 is 2.64 bits per heavy atom. The molecule has 0 atom stereocenters. The van der Waals surface area contributed by atoms with Crippen molar-refractivity contribution in [2.45, 2.75) is 31.2 Å². The molecular weight excluding hydrogens is 346 g/mol. The number of aromatic nitrogens is 1. The molecule has 1 aromatic carbocycles. The van der Waals surface area contributed by atoms with Crippen LogP contribution < -0.4 is 11.1 Å². The number of fused-ring (bicyclic) bond motifs is 1. The highest BCUT2D eigenvalue weighted by atomic mass is 32.2. The lowest BCUT2D eigenvalue weighted by Crippen LogP contribution is -2.37. The number of carbonyl (C=O) groups is 1. The second kappa shape index (κ2) is 6.64. The van der Waals surface area contributed by atoms with E-state index in [1.54, 1.807) is 0 Å². The first-order chi connectivity index (χ1) is 11.8. The summed E-state index contributed by atoms with van der Waals surface area (Å²) in [4.78, 5) is 23.6. The van der Waals surface area contributed by atoms with Crippen LogP contribution in [0.15, 0.2) is 32.3 Å². The zero-order valence-electron chi connectivity index (χ0n) is 14.2. The van der Waals surface area contributed by atoms with Crippen LogP contribution >= 0.6 is 0 Å². The summed E-state index contributed by atoms with van der Waals surface area (Å²) in [6.45, 7) is 2.91. The van der Waals surface area contributed by atoms with Gasteiger partial charge in [0.05, 0.1) is 10.4 Å². The lowest BCUT2D eigenvalue weighted by atomic mass is 10.0. The number of carbonyl (C=O) groups excluding carboxylic acids is 1. The Bertz CT molecular complexity index is 952. The van der Waals surface area contributed by atoms with Gasteiger partial charge in [-0.05, 0) is 30.9 Å². The van der Waals surface area contributed by atoms with Crippen LogP contribution in [-0.4, -0.2) is 43.3 Å². The number of likely N-dealkylation sites (N-methyl/N-ethyl adjacent to an activating group) is 1. The van der Waals surface area contributed by atoms with Crippen LogP contribution in [0.1, 0.15) is 19.8 Å². The van der Waals surface area contributed by atoms with E-state index < -0.39 is 15.8 Å². The van der Waals surface area contributed by atoms with Crippen molar-refractivity contribution in [1.29, 1.82) is 0 Å². The second-order valence-corrected chi connectivity index (χ2v) is 8.28. The SMILES string of the molecule is CNC(=O)Cn1c(=O)oc2cc(S(=O)(=O)N3CCC(C)CC3)ccc21. The maximum atomic E-state index is 12.8. The minimum atomic E-state index is -3.63. The maximum Gasteiger partial charge on any atom is 0.420 e. The van der Waals surface area contributed by atoms with E-state index in [9.17, 15) is 18.0 Å². The van der Waals surface area contributed by atoms with E-state index in [2.05, 4.69) is 12.2 Å². The molecule has 0 radical (unpaired) electrons. The van der Waals surface area contributed by atoms with Crippen LogP contribution in [0, 0.1) is 5.92 Å². The average molecular weight is 367 g/mol. The van der Waals surface area contributed by atoms with Gasteiger partial charge in [0, 0.05) is 26.2 Å². The number of amides is 1. The zero-order chi connectivity index (χ0) is 18.2. The van der Waals surface area contributed by atoms with E-state index in [4.69, 9.17) is 4.42 Å². The van der Waals surface area contributed by atoms with Gasteiger partial charge in [-0.2, -0.15) is 4.31 Å². The third kappa shape index (κ3) is 3.34. The number of sulfonamides is 1. The van der Waals surface area contributed by atoms with Crippen molar-refractivity contribution in [3.05, 3.63) is 28.7 Å². The number of benzene rings is 1. The van der Waals surface area contributed by atoms with E-state index in [0.29, 0.717) is 24.5 Å². The predicted octanol–water partition coefficient (Wildman–Crippen LogP) is 0.761. The number of oxazole rings is 1. The van der Waals surface area contributed by atoms with Crippen LogP contribution in [-0.2, 0) is 21.4 Å². The van der Waals surface area contributed by atoms with Crippen molar-refractivity contribution in [2.24, 2.45) is 5.92 Å². The van der Waals surface area contributed by atoms with Crippen LogP contribution in [0.3, 0.4) is 0 Å².